The van der Waals surface area contributed by atoms with Crippen molar-refractivity contribution >= 4 is 44.6 Å². The summed E-state index contributed by atoms with van der Waals surface area (Å²) in [6.07, 6.45) is 1.28. The number of benzene rings is 1. The molecular weight excluding hydrogens is 488 g/mol. The number of nitrogens with one attached hydrogen (secondary N) is 1. The van der Waals surface area contributed by atoms with Gasteiger partial charge in [-0.05, 0) is 45.0 Å². The fourth-order valence-electron chi connectivity index (χ4n) is 4.57. The maximum absolute atomic E-state index is 13.6. The van der Waals surface area contributed by atoms with Gasteiger partial charge in [-0.25, -0.2) is 0 Å². The Morgan fingerprint density at radius 3 is 2.67 bits per heavy atom. The summed E-state index contributed by atoms with van der Waals surface area (Å²) in [5, 5.41) is 3.80. The molecule has 2 fully saturated rings. The van der Waals surface area contributed by atoms with Gasteiger partial charge in [0, 0.05) is 47.2 Å². The Labute approximate surface area is 201 Å². The van der Waals surface area contributed by atoms with E-state index in [4.69, 9.17) is 4.74 Å². The first kappa shape index (κ1) is 23.5. The smallest absolute Gasteiger partial charge is 0.256 e. The molecule has 2 aromatic rings. The molecule has 176 valence electrons. The van der Waals surface area contributed by atoms with Crippen LogP contribution < -0.4 is 5.32 Å². The van der Waals surface area contributed by atoms with Gasteiger partial charge in [-0.2, -0.15) is 0 Å². The minimum atomic E-state index is -0.399. The molecule has 0 radical (unpaired) electrons. The number of likely N-dealkylation sites (tertiary alicyclic amines) is 1. The molecule has 9 heteroatoms. The number of carbonyl (C=O) groups is 3. The van der Waals surface area contributed by atoms with Crippen molar-refractivity contribution in [3.8, 4) is 0 Å². The van der Waals surface area contributed by atoms with Gasteiger partial charge in [0.05, 0.1) is 23.8 Å². The van der Waals surface area contributed by atoms with Crippen molar-refractivity contribution in [3.05, 3.63) is 46.6 Å². The molecule has 0 saturated carbocycles. The molecule has 4 rings (SSSR count). The number of halogens is 1. The van der Waals surface area contributed by atoms with Crippen LogP contribution in [-0.2, 0) is 20.9 Å². The minimum absolute atomic E-state index is 0.0521. The van der Waals surface area contributed by atoms with E-state index in [-0.39, 0.29) is 30.3 Å². The Morgan fingerprint density at radius 1 is 1.27 bits per heavy atom. The SMILES string of the molecule is C=CC(=O)N1CC(NC(=O)Cn2c(C)c(C(=O)N3CCOC(C)(C)C3)c3cc(Br)ccc32)C1. The van der Waals surface area contributed by atoms with Crippen LogP contribution in [0.5, 0.6) is 0 Å². The quantitative estimate of drug-likeness (QED) is 0.618. The van der Waals surface area contributed by atoms with Crippen LogP contribution in [0, 0.1) is 6.92 Å². The van der Waals surface area contributed by atoms with Crippen LogP contribution in [-0.4, -0.2) is 76.5 Å². The fraction of sp³-hybridized carbons (Fsp3) is 0.458. The third-order valence-corrected chi connectivity index (χ3v) is 6.74. The first-order valence-corrected chi connectivity index (χ1v) is 11.8. The van der Waals surface area contributed by atoms with Crippen LogP contribution in [0.3, 0.4) is 0 Å². The van der Waals surface area contributed by atoms with E-state index in [0.717, 1.165) is 21.1 Å². The molecule has 3 heterocycles. The second-order valence-electron chi connectivity index (χ2n) is 9.25. The highest BCUT2D eigenvalue weighted by Gasteiger charge is 2.34. The maximum Gasteiger partial charge on any atom is 0.256 e. The van der Waals surface area contributed by atoms with Crippen LogP contribution in [0.15, 0.2) is 35.3 Å². The number of ether oxygens (including phenoxy) is 1. The summed E-state index contributed by atoms with van der Waals surface area (Å²) in [5.74, 6) is -0.336. The number of rotatable bonds is 5. The Kier molecular flexibility index (Phi) is 6.37. The van der Waals surface area contributed by atoms with Crippen molar-refractivity contribution in [3.63, 3.8) is 0 Å². The highest BCUT2D eigenvalue weighted by Crippen LogP contribution is 2.31. The molecule has 33 heavy (non-hydrogen) atoms. The molecule has 2 saturated heterocycles. The summed E-state index contributed by atoms with van der Waals surface area (Å²) in [4.78, 5) is 41.5. The van der Waals surface area contributed by atoms with Gasteiger partial charge in [0.2, 0.25) is 11.8 Å². The number of hydrogen-bond acceptors (Lipinski definition) is 4. The van der Waals surface area contributed by atoms with Gasteiger partial charge in [-0.15, -0.1) is 0 Å². The molecular formula is C24H29BrN4O4. The third-order valence-electron chi connectivity index (χ3n) is 6.25. The highest BCUT2D eigenvalue weighted by molar-refractivity contribution is 9.10. The minimum Gasteiger partial charge on any atom is -0.372 e. The lowest BCUT2D eigenvalue weighted by Gasteiger charge is -2.39. The monoisotopic (exact) mass is 516 g/mol. The van der Waals surface area contributed by atoms with Gasteiger partial charge in [-0.3, -0.25) is 14.4 Å². The molecule has 0 bridgehead atoms. The van der Waals surface area contributed by atoms with Gasteiger partial charge in [0.25, 0.3) is 5.91 Å². The standard InChI is InChI=1S/C24H29BrN4O4/c1-5-21(31)28-11-17(12-28)26-20(30)13-29-15(2)22(18-10-16(25)6-7-19(18)29)23(32)27-8-9-33-24(3,4)14-27/h5-7,10,17H,1,8-9,11-14H2,2-4H3,(H,26,30). The number of morpholine rings is 1. The van der Waals surface area contributed by atoms with E-state index in [9.17, 15) is 14.4 Å². The lowest BCUT2D eigenvalue weighted by atomic mass is 10.0. The zero-order valence-electron chi connectivity index (χ0n) is 19.2. The molecule has 1 aromatic carbocycles. The number of fused-ring (bicyclic) bond motifs is 1. The average molecular weight is 517 g/mol. The molecule has 3 amide bonds. The lowest BCUT2D eigenvalue weighted by Crippen LogP contribution is -2.61. The summed E-state index contributed by atoms with van der Waals surface area (Å²) >= 11 is 3.51. The number of nitrogens with zero attached hydrogens (tertiary/aromatic N) is 3. The van der Waals surface area contributed by atoms with Gasteiger partial charge in [0.15, 0.2) is 0 Å². The van der Waals surface area contributed by atoms with Crippen molar-refractivity contribution in [2.45, 2.75) is 39.0 Å². The molecule has 2 aliphatic heterocycles. The summed E-state index contributed by atoms with van der Waals surface area (Å²) < 4.78 is 8.53. The average Bonchev–Trinajstić information content (AvgIpc) is 2.99. The van der Waals surface area contributed by atoms with Crippen LogP contribution in [0.1, 0.15) is 29.9 Å². The summed E-state index contributed by atoms with van der Waals surface area (Å²) in [5.41, 5.74) is 1.80. The topological polar surface area (TPSA) is 83.9 Å². The zero-order valence-corrected chi connectivity index (χ0v) is 20.8. The molecule has 0 aliphatic carbocycles. The first-order valence-electron chi connectivity index (χ1n) is 11.0. The van der Waals surface area contributed by atoms with Gasteiger partial charge in [-0.1, -0.05) is 22.5 Å². The lowest BCUT2D eigenvalue weighted by molar-refractivity contribution is -0.133. The fourth-order valence-corrected chi connectivity index (χ4v) is 4.93. The number of amides is 3. The zero-order chi connectivity index (χ0) is 23.9. The summed E-state index contributed by atoms with van der Waals surface area (Å²) in [6.45, 7) is 11.9. The summed E-state index contributed by atoms with van der Waals surface area (Å²) in [6, 6.07) is 5.69. The molecule has 1 aromatic heterocycles. The van der Waals surface area contributed by atoms with Crippen molar-refractivity contribution in [1.29, 1.82) is 0 Å². The predicted molar refractivity (Wildman–Crippen MR) is 129 cm³/mol. The highest BCUT2D eigenvalue weighted by atomic mass is 79.9. The van der Waals surface area contributed by atoms with E-state index in [2.05, 4.69) is 27.8 Å². The van der Waals surface area contributed by atoms with Crippen molar-refractivity contribution in [2.75, 3.05) is 32.8 Å². The van der Waals surface area contributed by atoms with Crippen LogP contribution in [0.25, 0.3) is 10.9 Å². The van der Waals surface area contributed by atoms with Gasteiger partial charge in [0.1, 0.15) is 6.54 Å². The molecule has 0 spiro atoms. The Bertz CT molecular complexity index is 1130. The van der Waals surface area contributed by atoms with Gasteiger partial charge >= 0.3 is 0 Å². The van der Waals surface area contributed by atoms with E-state index < -0.39 is 5.60 Å². The second kappa shape index (κ2) is 8.95. The summed E-state index contributed by atoms with van der Waals surface area (Å²) in [7, 11) is 0. The van der Waals surface area contributed by atoms with Crippen LogP contribution in [0.4, 0.5) is 0 Å². The predicted octanol–water partition coefficient (Wildman–Crippen LogP) is 2.48. The second-order valence-corrected chi connectivity index (χ2v) is 10.2. The molecule has 8 nitrogen and oxygen atoms in total. The Balaban J connectivity index is 1.57. The maximum atomic E-state index is 13.6. The normalized spacial score (nSPS) is 18.2. The van der Waals surface area contributed by atoms with E-state index in [0.29, 0.717) is 38.3 Å². The number of carbonyl (C=O) groups excluding carboxylic acids is 3. The van der Waals surface area contributed by atoms with Gasteiger partial charge < -0.3 is 24.4 Å². The van der Waals surface area contributed by atoms with E-state index in [1.807, 2.05) is 48.4 Å². The Morgan fingerprint density at radius 2 is 2.00 bits per heavy atom. The molecule has 2 aliphatic rings. The molecule has 0 unspecified atom stereocenters. The van der Waals surface area contributed by atoms with Crippen molar-refractivity contribution in [1.82, 2.24) is 19.7 Å². The molecule has 1 N–H and O–H groups in total. The third kappa shape index (κ3) is 4.70. The van der Waals surface area contributed by atoms with Crippen molar-refractivity contribution < 1.29 is 19.1 Å². The van der Waals surface area contributed by atoms with Crippen LogP contribution >= 0.6 is 15.9 Å². The van der Waals surface area contributed by atoms with Crippen molar-refractivity contribution in [2.24, 2.45) is 0 Å². The largest absolute Gasteiger partial charge is 0.372 e. The van der Waals surface area contributed by atoms with E-state index in [1.165, 1.54) is 6.08 Å². The van der Waals surface area contributed by atoms with E-state index >= 15 is 0 Å². The number of hydrogen-bond donors (Lipinski definition) is 1. The first-order chi connectivity index (χ1) is 15.6. The Hall–Kier alpha value is -2.65. The molecule has 0 atom stereocenters. The van der Waals surface area contributed by atoms with E-state index in [1.54, 1.807) is 4.90 Å². The van der Waals surface area contributed by atoms with Crippen LogP contribution in [0.2, 0.25) is 0 Å². The number of aromatic nitrogens is 1.